The Bertz CT molecular complexity index is 586. The summed E-state index contributed by atoms with van der Waals surface area (Å²) in [6.07, 6.45) is 0.749. The van der Waals surface area contributed by atoms with Crippen LogP contribution in [0.5, 0.6) is 0 Å². The molecule has 4 nitrogen and oxygen atoms in total. The van der Waals surface area contributed by atoms with Crippen molar-refractivity contribution in [1.29, 1.82) is 0 Å². The molecule has 0 radical (unpaired) electrons. The summed E-state index contributed by atoms with van der Waals surface area (Å²) in [7, 11) is 0. The van der Waals surface area contributed by atoms with Crippen molar-refractivity contribution >= 4 is 17.4 Å². The molecule has 0 saturated heterocycles. The maximum absolute atomic E-state index is 12.3. The predicted molar refractivity (Wildman–Crippen MR) is 94.6 cm³/mol. The van der Waals surface area contributed by atoms with Crippen molar-refractivity contribution < 1.29 is 9.90 Å². The molecule has 3 unspecified atom stereocenters. The Kier molecular flexibility index (Phi) is 6.62. The Morgan fingerprint density at radius 3 is 2.48 bits per heavy atom. The maximum Gasteiger partial charge on any atom is 0.315 e. The number of hydrogen-bond donors (Lipinski definition) is 3. The molecule has 1 aromatic heterocycles. The van der Waals surface area contributed by atoms with E-state index in [1.165, 1.54) is 5.56 Å². The van der Waals surface area contributed by atoms with E-state index in [4.69, 9.17) is 0 Å². The van der Waals surface area contributed by atoms with E-state index in [1.54, 1.807) is 11.3 Å². The third-order valence-corrected chi connectivity index (χ3v) is 4.96. The number of carbonyl (C=O) groups excluding carboxylic acids is 1. The molecule has 0 aliphatic heterocycles. The summed E-state index contributed by atoms with van der Waals surface area (Å²) in [5.41, 5.74) is 1.18. The Labute approximate surface area is 141 Å². The number of thiophene rings is 1. The maximum atomic E-state index is 12.3. The van der Waals surface area contributed by atoms with Gasteiger partial charge >= 0.3 is 6.03 Å². The van der Waals surface area contributed by atoms with Gasteiger partial charge in [0.2, 0.25) is 0 Å². The standard InChI is InChI=1S/C18H24N2O2S/c1-13(12-21)14(2)19-18(22)20-16(17-9-6-10-23-17)11-15-7-4-3-5-8-15/h3-10,13-14,16,21H,11-12H2,1-2H3,(H2,19,20,22). The number of amides is 2. The highest BCUT2D eigenvalue weighted by atomic mass is 32.1. The van der Waals surface area contributed by atoms with Crippen molar-refractivity contribution in [3.8, 4) is 0 Å². The molecular formula is C18H24N2O2S. The van der Waals surface area contributed by atoms with Crippen molar-refractivity contribution in [3.63, 3.8) is 0 Å². The van der Waals surface area contributed by atoms with Crippen LogP contribution in [0.1, 0.15) is 30.3 Å². The molecule has 0 saturated carbocycles. The summed E-state index contributed by atoms with van der Waals surface area (Å²) in [5, 5.41) is 17.2. The fourth-order valence-corrected chi connectivity index (χ4v) is 3.05. The molecule has 0 aliphatic carbocycles. The van der Waals surface area contributed by atoms with Crippen molar-refractivity contribution in [2.75, 3.05) is 6.61 Å². The first kappa shape index (κ1) is 17.5. The lowest BCUT2D eigenvalue weighted by Gasteiger charge is -2.23. The first-order valence-electron chi connectivity index (χ1n) is 7.85. The molecule has 2 rings (SSSR count). The SMILES string of the molecule is CC(CO)C(C)NC(=O)NC(Cc1ccccc1)c1cccs1. The van der Waals surface area contributed by atoms with Gasteiger partial charge in [-0.3, -0.25) is 0 Å². The van der Waals surface area contributed by atoms with Crippen molar-refractivity contribution in [2.24, 2.45) is 5.92 Å². The van der Waals surface area contributed by atoms with Crippen LogP contribution in [0.4, 0.5) is 4.79 Å². The lowest BCUT2D eigenvalue weighted by Crippen LogP contribution is -2.45. The predicted octanol–water partition coefficient (Wildman–Crippen LogP) is 3.35. The minimum atomic E-state index is -0.202. The number of benzene rings is 1. The van der Waals surface area contributed by atoms with Crippen LogP contribution >= 0.6 is 11.3 Å². The molecule has 2 aromatic rings. The van der Waals surface area contributed by atoms with E-state index in [1.807, 2.05) is 49.6 Å². The molecule has 3 N–H and O–H groups in total. The summed E-state index contributed by atoms with van der Waals surface area (Å²) >= 11 is 1.64. The largest absolute Gasteiger partial charge is 0.396 e. The first-order valence-corrected chi connectivity index (χ1v) is 8.73. The fraction of sp³-hybridized carbons (Fsp3) is 0.389. The van der Waals surface area contributed by atoms with Crippen LogP contribution in [0.3, 0.4) is 0 Å². The molecule has 0 bridgehead atoms. The van der Waals surface area contributed by atoms with Crippen LogP contribution in [0.2, 0.25) is 0 Å². The highest BCUT2D eigenvalue weighted by Gasteiger charge is 2.19. The molecule has 1 heterocycles. The normalized spacial score (nSPS) is 14.7. The zero-order valence-corrected chi connectivity index (χ0v) is 14.3. The number of carbonyl (C=O) groups is 1. The second kappa shape index (κ2) is 8.70. The minimum absolute atomic E-state index is 0.0232. The van der Waals surface area contributed by atoms with Gasteiger partial charge in [-0.15, -0.1) is 11.3 Å². The van der Waals surface area contributed by atoms with Crippen molar-refractivity contribution in [3.05, 3.63) is 58.3 Å². The molecule has 23 heavy (non-hydrogen) atoms. The van der Waals surface area contributed by atoms with Crippen molar-refractivity contribution in [2.45, 2.75) is 32.4 Å². The van der Waals surface area contributed by atoms with Gasteiger partial charge < -0.3 is 15.7 Å². The summed E-state index contributed by atoms with van der Waals surface area (Å²) in [5.74, 6) is 0.0232. The Balaban J connectivity index is 2.02. The second-order valence-electron chi connectivity index (χ2n) is 5.82. The van der Waals surface area contributed by atoms with Crippen LogP contribution in [0, 0.1) is 5.92 Å². The van der Waals surface area contributed by atoms with E-state index in [2.05, 4.69) is 22.8 Å². The van der Waals surface area contributed by atoms with E-state index in [0.29, 0.717) is 0 Å². The van der Waals surface area contributed by atoms with Crippen LogP contribution < -0.4 is 10.6 Å². The van der Waals surface area contributed by atoms with Crippen LogP contribution in [0.25, 0.3) is 0 Å². The van der Waals surface area contributed by atoms with E-state index in [-0.39, 0.29) is 30.6 Å². The molecule has 5 heteroatoms. The van der Waals surface area contributed by atoms with Crippen LogP contribution in [0.15, 0.2) is 47.8 Å². The van der Waals surface area contributed by atoms with Gasteiger partial charge in [0.05, 0.1) is 6.04 Å². The molecule has 1 aromatic carbocycles. The quantitative estimate of drug-likeness (QED) is 0.728. The molecular weight excluding hydrogens is 308 g/mol. The number of rotatable bonds is 7. The van der Waals surface area contributed by atoms with Crippen LogP contribution in [-0.4, -0.2) is 23.8 Å². The van der Waals surface area contributed by atoms with Gasteiger partial charge in [-0.05, 0) is 36.3 Å². The third-order valence-electron chi connectivity index (χ3n) is 3.97. The fourth-order valence-electron chi connectivity index (χ4n) is 2.27. The van der Waals surface area contributed by atoms with Gasteiger partial charge in [-0.25, -0.2) is 4.79 Å². The summed E-state index contributed by atoms with van der Waals surface area (Å²) in [4.78, 5) is 13.4. The van der Waals surface area contributed by atoms with Gasteiger partial charge in [0.15, 0.2) is 0 Å². The monoisotopic (exact) mass is 332 g/mol. The average Bonchev–Trinajstić information content (AvgIpc) is 3.08. The second-order valence-corrected chi connectivity index (χ2v) is 6.80. The minimum Gasteiger partial charge on any atom is -0.396 e. The smallest absolute Gasteiger partial charge is 0.315 e. The van der Waals surface area contributed by atoms with Gasteiger partial charge in [-0.2, -0.15) is 0 Å². The molecule has 0 aliphatic rings. The zero-order valence-electron chi connectivity index (χ0n) is 13.5. The average molecular weight is 332 g/mol. The van der Waals surface area contributed by atoms with E-state index >= 15 is 0 Å². The summed E-state index contributed by atoms with van der Waals surface area (Å²) in [6, 6.07) is 13.8. The van der Waals surface area contributed by atoms with Crippen molar-refractivity contribution in [1.82, 2.24) is 10.6 Å². The topological polar surface area (TPSA) is 61.4 Å². The summed E-state index contributed by atoms with van der Waals surface area (Å²) < 4.78 is 0. The Morgan fingerprint density at radius 1 is 1.13 bits per heavy atom. The Hall–Kier alpha value is -1.85. The first-order chi connectivity index (χ1) is 11.1. The van der Waals surface area contributed by atoms with Gasteiger partial charge in [0.1, 0.15) is 0 Å². The van der Waals surface area contributed by atoms with Crippen LogP contribution in [-0.2, 0) is 6.42 Å². The highest BCUT2D eigenvalue weighted by molar-refractivity contribution is 7.10. The van der Waals surface area contributed by atoms with Gasteiger partial charge in [0.25, 0.3) is 0 Å². The third kappa shape index (κ3) is 5.37. The van der Waals surface area contributed by atoms with E-state index < -0.39 is 0 Å². The molecule has 2 amide bonds. The Morgan fingerprint density at radius 2 is 1.87 bits per heavy atom. The lowest BCUT2D eigenvalue weighted by molar-refractivity contribution is 0.199. The molecule has 124 valence electrons. The number of nitrogens with one attached hydrogen (secondary N) is 2. The van der Waals surface area contributed by atoms with E-state index in [0.717, 1.165) is 11.3 Å². The number of aliphatic hydroxyl groups excluding tert-OH is 1. The number of urea groups is 1. The molecule has 0 fully saturated rings. The number of aliphatic hydroxyl groups is 1. The van der Waals surface area contributed by atoms with E-state index in [9.17, 15) is 9.90 Å². The lowest BCUT2D eigenvalue weighted by atomic mass is 10.0. The molecule has 3 atom stereocenters. The highest BCUT2D eigenvalue weighted by Crippen LogP contribution is 2.23. The van der Waals surface area contributed by atoms with Gasteiger partial charge in [-0.1, -0.05) is 43.3 Å². The van der Waals surface area contributed by atoms with Gasteiger partial charge in [0, 0.05) is 17.5 Å². The summed E-state index contributed by atoms with van der Waals surface area (Å²) in [6.45, 7) is 3.86. The molecule has 0 spiro atoms. The number of hydrogen-bond acceptors (Lipinski definition) is 3. The zero-order chi connectivity index (χ0) is 16.7.